The zero-order chi connectivity index (χ0) is 13.0. The van der Waals surface area contributed by atoms with E-state index in [1.54, 1.807) is 0 Å². The van der Waals surface area contributed by atoms with Crippen LogP contribution < -0.4 is 5.73 Å². The van der Waals surface area contributed by atoms with Gasteiger partial charge in [-0.1, -0.05) is 42.5 Å². The highest BCUT2D eigenvalue weighted by Crippen LogP contribution is 2.18. The fourth-order valence-electron chi connectivity index (χ4n) is 2.40. The van der Waals surface area contributed by atoms with Crippen LogP contribution in [0.2, 0.25) is 0 Å². The largest absolute Gasteiger partial charge is 0.327 e. The van der Waals surface area contributed by atoms with Crippen LogP contribution in [-0.2, 0) is 6.42 Å². The monoisotopic (exact) mass is 242 g/mol. The molecule has 2 N–H and O–H groups in total. The van der Waals surface area contributed by atoms with Crippen LogP contribution in [0.15, 0.2) is 42.5 Å². The van der Waals surface area contributed by atoms with Gasteiger partial charge in [-0.3, -0.25) is 0 Å². The average molecular weight is 242 g/mol. The fraction of sp³-hybridized carbons (Fsp3) is 0.375. The molecule has 2 aromatic rings. The van der Waals surface area contributed by atoms with E-state index in [0.29, 0.717) is 0 Å². The molecule has 0 aliphatic carbocycles. The number of benzene rings is 2. The van der Waals surface area contributed by atoms with Crippen LogP contribution in [0, 0.1) is 0 Å². The molecule has 1 atom stereocenters. The summed E-state index contributed by atoms with van der Waals surface area (Å²) in [4.78, 5) is 2.30. The third-order valence-corrected chi connectivity index (χ3v) is 3.24. The van der Waals surface area contributed by atoms with E-state index in [9.17, 15) is 0 Å². The highest BCUT2D eigenvalue weighted by Gasteiger charge is 2.04. The maximum Gasteiger partial charge on any atom is 0.0139 e. The van der Waals surface area contributed by atoms with Gasteiger partial charge in [0.15, 0.2) is 0 Å². The third-order valence-electron chi connectivity index (χ3n) is 3.24. The summed E-state index contributed by atoms with van der Waals surface area (Å²) < 4.78 is 0. The Morgan fingerprint density at radius 1 is 1.11 bits per heavy atom. The first kappa shape index (κ1) is 13.1. The molecule has 2 rings (SSSR count). The lowest BCUT2D eigenvalue weighted by molar-refractivity contribution is 0.321. The van der Waals surface area contributed by atoms with Gasteiger partial charge in [0.25, 0.3) is 0 Å². The van der Waals surface area contributed by atoms with Crippen molar-refractivity contribution in [3.05, 3.63) is 48.0 Å². The van der Waals surface area contributed by atoms with Crippen molar-refractivity contribution in [2.45, 2.75) is 19.4 Å². The number of hydrogen-bond donors (Lipinski definition) is 1. The molecule has 0 heterocycles. The summed E-state index contributed by atoms with van der Waals surface area (Å²) in [5.74, 6) is 0. The molecule has 0 saturated carbocycles. The summed E-state index contributed by atoms with van der Waals surface area (Å²) in [6.07, 6.45) is 1.07. The molecule has 1 unspecified atom stereocenters. The topological polar surface area (TPSA) is 29.3 Å². The Morgan fingerprint density at radius 2 is 1.83 bits per heavy atom. The maximum atomic E-state index is 5.81. The fourth-order valence-corrected chi connectivity index (χ4v) is 2.40. The van der Waals surface area contributed by atoms with Gasteiger partial charge >= 0.3 is 0 Å². The van der Waals surface area contributed by atoms with Crippen molar-refractivity contribution in [3.8, 4) is 0 Å². The van der Waals surface area contributed by atoms with Crippen LogP contribution in [-0.4, -0.2) is 31.1 Å². The molecule has 0 radical (unpaired) electrons. The summed E-state index contributed by atoms with van der Waals surface area (Å²) >= 11 is 0. The summed E-state index contributed by atoms with van der Waals surface area (Å²) in [6, 6.07) is 15.4. The van der Waals surface area contributed by atoms with Crippen LogP contribution >= 0.6 is 0 Å². The van der Waals surface area contributed by atoms with Gasteiger partial charge in [-0.05, 0) is 36.7 Å². The molecule has 0 aliphatic rings. The minimum atomic E-state index is 0.238. The van der Waals surface area contributed by atoms with Crippen LogP contribution in [0.4, 0.5) is 0 Å². The highest BCUT2D eigenvalue weighted by atomic mass is 15.1. The molecule has 0 saturated heterocycles. The Bertz CT molecular complexity index is 500. The van der Waals surface area contributed by atoms with Crippen molar-refractivity contribution in [2.75, 3.05) is 20.1 Å². The van der Waals surface area contributed by atoms with Gasteiger partial charge in [-0.2, -0.15) is 0 Å². The van der Waals surface area contributed by atoms with Crippen LogP contribution in [0.3, 0.4) is 0 Å². The van der Waals surface area contributed by atoms with Gasteiger partial charge in [0.05, 0.1) is 0 Å². The Labute approximate surface area is 109 Å². The molecule has 18 heavy (non-hydrogen) atoms. The molecule has 0 fully saturated rings. The first-order valence-corrected chi connectivity index (χ1v) is 6.57. The van der Waals surface area contributed by atoms with Gasteiger partial charge in [0.2, 0.25) is 0 Å². The van der Waals surface area contributed by atoms with Gasteiger partial charge in [0.1, 0.15) is 0 Å². The molecule has 2 nitrogen and oxygen atoms in total. The Hall–Kier alpha value is -1.38. The molecule has 0 amide bonds. The molecule has 2 aromatic carbocycles. The van der Waals surface area contributed by atoms with E-state index in [-0.39, 0.29) is 6.04 Å². The number of nitrogens with two attached hydrogens (primary N) is 1. The second kappa shape index (κ2) is 5.98. The molecule has 0 bridgehead atoms. The van der Waals surface area contributed by atoms with Crippen molar-refractivity contribution in [2.24, 2.45) is 5.73 Å². The van der Waals surface area contributed by atoms with Gasteiger partial charge in [-0.15, -0.1) is 0 Å². The Balaban J connectivity index is 2.08. The van der Waals surface area contributed by atoms with Gasteiger partial charge in [-0.25, -0.2) is 0 Å². The first-order chi connectivity index (χ1) is 8.66. The second-order valence-corrected chi connectivity index (χ2v) is 5.13. The van der Waals surface area contributed by atoms with Gasteiger partial charge < -0.3 is 10.6 Å². The van der Waals surface area contributed by atoms with E-state index in [2.05, 4.69) is 61.3 Å². The smallest absolute Gasteiger partial charge is 0.0139 e. The van der Waals surface area contributed by atoms with Crippen molar-refractivity contribution in [1.29, 1.82) is 0 Å². The van der Waals surface area contributed by atoms with Crippen molar-refractivity contribution in [1.82, 2.24) is 4.90 Å². The maximum absolute atomic E-state index is 5.81. The van der Waals surface area contributed by atoms with Crippen molar-refractivity contribution < 1.29 is 0 Å². The number of nitrogens with zero attached hydrogens (tertiary/aromatic N) is 1. The predicted octanol–water partition coefficient (Wildman–Crippen LogP) is 2.66. The number of likely N-dealkylation sites (N-methyl/N-ethyl adjacent to an activating group) is 1. The normalized spacial score (nSPS) is 13.1. The van der Waals surface area contributed by atoms with E-state index in [0.717, 1.165) is 19.5 Å². The molecule has 0 aromatic heterocycles. The first-order valence-electron chi connectivity index (χ1n) is 6.57. The zero-order valence-corrected chi connectivity index (χ0v) is 11.3. The van der Waals surface area contributed by atoms with Crippen LogP contribution in [0.5, 0.6) is 0 Å². The third kappa shape index (κ3) is 3.31. The lowest BCUT2D eigenvalue weighted by Gasteiger charge is -2.19. The van der Waals surface area contributed by atoms with Gasteiger partial charge in [0, 0.05) is 19.1 Å². The lowest BCUT2D eigenvalue weighted by atomic mass is 10.0. The molecular weight excluding hydrogens is 220 g/mol. The summed E-state index contributed by atoms with van der Waals surface area (Å²) in [7, 11) is 2.13. The van der Waals surface area contributed by atoms with E-state index >= 15 is 0 Å². The lowest BCUT2D eigenvalue weighted by Crippen LogP contribution is -2.34. The predicted molar refractivity (Wildman–Crippen MR) is 78.8 cm³/mol. The van der Waals surface area contributed by atoms with E-state index in [1.165, 1.54) is 16.3 Å². The average Bonchev–Trinajstić information content (AvgIpc) is 2.35. The zero-order valence-electron chi connectivity index (χ0n) is 11.3. The molecule has 0 aliphatic heterocycles. The molecule has 2 heteroatoms. The van der Waals surface area contributed by atoms with Crippen molar-refractivity contribution >= 4 is 10.8 Å². The van der Waals surface area contributed by atoms with E-state index in [4.69, 9.17) is 5.73 Å². The van der Waals surface area contributed by atoms with Crippen LogP contribution in [0.25, 0.3) is 10.8 Å². The molecule has 96 valence electrons. The quantitative estimate of drug-likeness (QED) is 0.873. The number of hydrogen-bond acceptors (Lipinski definition) is 2. The Kier molecular flexibility index (Phi) is 4.34. The minimum Gasteiger partial charge on any atom is -0.327 e. The van der Waals surface area contributed by atoms with E-state index < -0.39 is 0 Å². The summed E-state index contributed by atoms with van der Waals surface area (Å²) in [5.41, 5.74) is 7.23. The number of fused-ring (bicyclic) bond motifs is 1. The Morgan fingerprint density at radius 3 is 2.61 bits per heavy atom. The van der Waals surface area contributed by atoms with E-state index in [1.807, 2.05) is 0 Å². The summed E-state index contributed by atoms with van der Waals surface area (Å²) in [5, 5.41) is 2.69. The molecular formula is C16H22N2. The standard InChI is InChI=1S/C16H22N2/c1-13(17)12-18(2)11-10-15-8-5-7-14-6-3-4-9-16(14)15/h3-9,13H,10-12,17H2,1-2H3. The second-order valence-electron chi connectivity index (χ2n) is 5.13. The highest BCUT2D eigenvalue weighted by molar-refractivity contribution is 5.85. The van der Waals surface area contributed by atoms with Crippen LogP contribution in [0.1, 0.15) is 12.5 Å². The number of rotatable bonds is 5. The summed E-state index contributed by atoms with van der Waals surface area (Å²) in [6.45, 7) is 4.05. The SMILES string of the molecule is CC(N)CN(C)CCc1cccc2ccccc12. The van der Waals surface area contributed by atoms with Crippen molar-refractivity contribution in [3.63, 3.8) is 0 Å². The minimum absolute atomic E-state index is 0.238. The molecule has 0 spiro atoms.